The Kier molecular flexibility index (Phi) is 7.14. The van der Waals surface area contributed by atoms with Crippen LogP contribution >= 0.6 is 11.3 Å². The van der Waals surface area contributed by atoms with Crippen molar-refractivity contribution >= 4 is 17.3 Å². The van der Waals surface area contributed by atoms with E-state index in [-0.39, 0.29) is 6.04 Å². The number of furan rings is 1. The second-order valence-electron chi connectivity index (χ2n) is 6.83. The average Bonchev–Trinajstić information content (AvgIpc) is 3.43. The van der Waals surface area contributed by atoms with Crippen LogP contribution in [0.5, 0.6) is 0 Å². The summed E-state index contributed by atoms with van der Waals surface area (Å²) in [6.45, 7) is 9.03. The van der Waals surface area contributed by atoms with E-state index in [1.807, 2.05) is 6.07 Å². The normalized spacial score (nSPS) is 18.0. The molecule has 2 aromatic rings. The molecule has 2 N–H and O–H groups in total. The van der Waals surface area contributed by atoms with Gasteiger partial charge in [0.1, 0.15) is 5.76 Å². The summed E-state index contributed by atoms with van der Waals surface area (Å²) in [7, 11) is 0. The topological polar surface area (TPSA) is 52.8 Å². The lowest BCUT2D eigenvalue weighted by Gasteiger charge is -2.26. The second kappa shape index (κ2) is 9.78. The Hall–Kier alpha value is -1.79. The Morgan fingerprint density at radius 1 is 1.31 bits per heavy atom. The fourth-order valence-corrected chi connectivity index (χ4v) is 4.15. The maximum atomic E-state index is 5.71. The van der Waals surface area contributed by atoms with Crippen LogP contribution in [-0.4, -0.2) is 43.6 Å². The van der Waals surface area contributed by atoms with E-state index < -0.39 is 0 Å². The predicted octanol–water partition coefficient (Wildman–Crippen LogP) is 3.84. The van der Waals surface area contributed by atoms with E-state index in [1.54, 1.807) is 17.6 Å². The lowest BCUT2D eigenvalue weighted by Crippen LogP contribution is -2.42. The first kappa shape index (κ1) is 19.0. The lowest BCUT2D eigenvalue weighted by atomic mass is 10.1. The summed E-state index contributed by atoms with van der Waals surface area (Å²) >= 11 is 1.74. The molecule has 2 unspecified atom stereocenters. The van der Waals surface area contributed by atoms with Crippen molar-refractivity contribution in [2.24, 2.45) is 4.99 Å². The summed E-state index contributed by atoms with van der Waals surface area (Å²) in [5.74, 6) is 2.34. The third-order valence-corrected chi connectivity index (χ3v) is 5.60. The number of rotatable bonds is 8. The molecule has 0 radical (unpaired) electrons. The zero-order chi connectivity index (χ0) is 18.2. The van der Waals surface area contributed by atoms with Gasteiger partial charge in [0.25, 0.3) is 0 Å². The van der Waals surface area contributed by atoms with Crippen molar-refractivity contribution in [1.29, 1.82) is 0 Å². The highest BCUT2D eigenvalue weighted by Crippen LogP contribution is 2.25. The molecule has 1 fully saturated rings. The Bertz CT molecular complexity index is 647. The lowest BCUT2D eigenvalue weighted by molar-refractivity contribution is 0.215. The van der Waals surface area contributed by atoms with Gasteiger partial charge in [-0.05, 0) is 67.4 Å². The van der Waals surface area contributed by atoms with Crippen LogP contribution in [0, 0.1) is 0 Å². The molecule has 3 heterocycles. The standard InChI is InChI=1S/C20H30N4OS/c1-3-21-20(22-13-16(2)17-8-12-26-15-17)23-14-18(19-7-6-11-25-19)24-9-4-5-10-24/h6-8,11-12,15-16,18H,3-5,9-10,13-14H2,1-2H3,(H2,21,22,23). The zero-order valence-electron chi connectivity index (χ0n) is 15.8. The highest BCUT2D eigenvalue weighted by Gasteiger charge is 2.25. The number of nitrogens with one attached hydrogen (secondary N) is 2. The molecule has 0 bridgehead atoms. The summed E-state index contributed by atoms with van der Waals surface area (Å²) in [6.07, 6.45) is 4.30. The predicted molar refractivity (Wildman–Crippen MR) is 109 cm³/mol. The highest BCUT2D eigenvalue weighted by molar-refractivity contribution is 7.07. The Labute approximate surface area is 160 Å². The quantitative estimate of drug-likeness (QED) is 0.544. The van der Waals surface area contributed by atoms with Crippen LogP contribution in [0.4, 0.5) is 0 Å². The maximum absolute atomic E-state index is 5.71. The molecule has 142 valence electrons. The third-order valence-electron chi connectivity index (χ3n) is 4.90. The molecule has 2 atom stereocenters. The monoisotopic (exact) mass is 374 g/mol. The average molecular weight is 375 g/mol. The molecule has 5 nitrogen and oxygen atoms in total. The summed E-state index contributed by atoms with van der Waals surface area (Å²) < 4.78 is 5.71. The van der Waals surface area contributed by atoms with Gasteiger partial charge in [0, 0.05) is 25.6 Å². The van der Waals surface area contributed by atoms with Crippen LogP contribution in [0.2, 0.25) is 0 Å². The molecule has 1 aliphatic heterocycles. The minimum Gasteiger partial charge on any atom is -0.468 e. The number of nitrogens with zero attached hydrogens (tertiary/aromatic N) is 2. The van der Waals surface area contributed by atoms with E-state index in [0.717, 1.165) is 44.4 Å². The minimum atomic E-state index is 0.255. The first-order valence-corrected chi connectivity index (χ1v) is 10.5. The second-order valence-corrected chi connectivity index (χ2v) is 7.61. The number of hydrogen-bond donors (Lipinski definition) is 2. The Balaban J connectivity index is 1.61. The largest absolute Gasteiger partial charge is 0.468 e. The first-order chi connectivity index (χ1) is 12.8. The molecule has 0 aliphatic carbocycles. The van der Waals surface area contributed by atoms with E-state index in [2.05, 4.69) is 52.3 Å². The number of thiophene rings is 1. The van der Waals surface area contributed by atoms with Crippen molar-refractivity contribution in [2.75, 3.05) is 32.7 Å². The van der Waals surface area contributed by atoms with E-state index in [9.17, 15) is 0 Å². The molecule has 0 aromatic carbocycles. The highest BCUT2D eigenvalue weighted by atomic mass is 32.1. The molecule has 6 heteroatoms. The van der Waals surface area contributed by atoms with Gasteiger partial charge in [0.15, 0.2) is 5.96 Å². The summed E-state index contributed by atoms with van der Waals surface area (Å²) in [6, 6.07) is 6.49. The molecule has 3 rings (SSSR count). The third kappa shape index (κ3) is 5.11. The van der Waals surface area contributed by atoms with Gasteiger partial charge in [-0.15, -0.1) is 0 Å². The molecule has 1 saturated heterocycles. The van der Waals surface area contributed by atoms with Gasteiger partial charge in [0.2, 0.25) is 0 Å². The van der Waals surface area contributed by atoms with Crippen LogP contribution in [0.3, 0.4) is 0 Å². The smallest absolute Gasteiger partial charge is 0.191 e. The summed E-state index contributed by atoms with van der Waals surface area (Å²) in [5, 5.41) is 11.2. The van der Waals surface area contributed by atoms with Gasteiger partial charge in [0.05, 0.1) is 12.3 Å². The van der Waals surface area contributed by atoms with Crippen LogP contribution in [-0.2, 0) is 0 Å². The van der Waals surface area contributed by atoms with Crippen LogP contribution in [0.15, 0.2) is 44.6 Å². The maximum Gasteiger partial charge on any atom is 0.191 e. The van der Waals surface area contributed by atoms with E-state index in [4.69, 9.17) is 9.41 Å². The molecule has 0 amide bonds. The van der Waals surface area contributed by atoms with Crippen LogP contribution in [0.25, 0.3) is 0 Å². The Morgan fingerprint density at radius 3 is 2.81 bits per heavy atom. The van der Waals surface area contributed by atoms with Gasteiger partial charge < -0.3 is 15.1 Å². The van der Waals surface area contributed by atoms with Gasteiger partial charge in [-0.25, -0.2) is 0 Å². The number of hydrogen-bond acceptors (Lipinski definition) is 4. The van der Waals surface area contributed by atoms with E-state index in [1.165, 1.54) is 18.4 Å². The van der Waals surface area contributed by atoms with Crippen molar-refractivity contribution in [2.45, 2.75) is 38.6 Å². The van der Waals surface area contributed by atoms with Gasteiger partial charge in [-0.2, -0.15) is 11.3 Å². The van der Waals surface area contributed by atoms with Crippen molar-refractivity contribution in [1.82, 2.24) is 15.5 Å². The molecule has 26 heavy (non-hydrogen) atoms. The van der Waals surface area contributed by atoms with Gasteiger partial charge >= 0.3 is 0 Å². The van der Waals surface area contributed by atoms with Crippen LogP contribution < -0.4 is 10.6 Å². The molecular formula is C20H30N4OS. The minimum absolute atomic E-state index is 0.255. The first-order valence-electron chi connectivity index (χ1n) is 9.59. The number of aliphatic imine (C=N–C) groups is 1. The SMILES string of the molecule is CCNC(=NCC(C)c1ccsc1)NCC(c1ccco1)N1CCCC1. The van der Waals surface area contributed by atoms with Crippen molar-refractivity contribution in [3.8, 4) is 0 Å². The van der Waals surface area contributed by atoms with Crippen molar-refractivity contribution in [3.63, 3.8) is 0 Å². The zero-order valence-corrected chi connectivity index (χ0v) is 16.6. The fourth-order valence-electron chi connectivity index (χ4n) is 3.37. The molecule has 2 aromatic heterocycles. The molecule has 1 aliphatic rings. The molecule has 0 saturated carbocycles. The van der Waals surface area contributed by atoms with E-state index >= 15 is 0 Å². The number of likely N-dealkylation sites (tertiary alicyclic amines) is 1. The van der Waals surface area contributed by atoms with Gasteiger partial charge in [-0.3, -0.25) is 9.89 Å². The summed E-state index contributed by atoms with van der Waals surface area (Å²) in [5.41, 5.74) is 1.36. The molecular weight excluding hydrogens is 344 g/mol. The molecule has 0 spiro atoms. The fraction of sp³-hybridized carbons (Fsp3) is 0.550. The van der Waals surface area contributed by atoms with Gasteiger partial charge in [-0.1, -0.05) is 6.92 Å². The van der Waals surface area contributed by atoms with Crippen molar-refractivity contribution < 1.29 is 4.42 Å². The Morgan fingerprint density at radius 2 is 2.15 bits per heavy atom. The van der Waals surface area contributed by atoms with Crippen molar-refractivity contribution in [3.05, 3.63) is 46.5 Å². The van der Waals surface area contributed by atoms with Crippen LogP contribution in [0.1, 0.15) is 50.0 Å². The summed E-state index contributed by atoms with van der Waals surface area (Å²) in [4.78, 5) is 7.30. The number of guanidine groups is 1. The van der Waals surface area contributed by atoms with E-state index in [0.29, 0.717) is 5.92 Å².